The summed E-state index contributed by atoms with van der Waals surface area (Å²) in [5.74, 6) is 3.13. The number of aromatic nitrogens is 4. The Morgan fingerprint density at radius 2 is 1.97 bits per heavy atom. The Kier molecular flexibility index (Phi) is 5.36. The number of aryl methyl sites for hydroxylation is 1. The van der Waals surface area contributed by atoms with Gasteiger partial charge in [-0.15, -0.1) is 0 Å². The monoisotopic (exact) mass is 478 g/mol. The number of hydrogen-bond donors (Lipinski definition) is 0. The van der Waals surface area contributed by atoms with Crippen LogP contribution in [0.2, 0.25) is 5.02 Å². The zero-order valence-electron chi connectivity index (χ0n) is 17.9. The van der Waals surface area contributed by atoms with Gasteiger partial charge in [-0.1, -0.05) is 18.5 Å². The van der Waals surface area contributed by atoms with Crippen molar-refractivity contribution in [1.82, 2.24) is 19.6 Å². The number of pyridine rings is 2. The molecule has 0 radical (unpaired) electrons. The van der Waals surface area contributed by atoms with Gasteiger partial charge in [0.1, 0.15) is 12.3 Å². The van der Waals surface area contributed by atoms with Crippen molar-refractivity contribution in [2.45, 2.75) is 50.6 Å². The molecule has 1 aliphatic heterocycles. The Morgan fingerprint density at radius 1 is 1.22 bits per heavy atom. The van der Waals surface area contributed by atoms with Gasteiger partial charge in [0.05, 0.1) is 10.7 Å². The minimum atomic E-state index is -1.27. The second-order valence-electron chi connectivity index (χ2n) is 8.90. The van der Waals surface area contributed by atoms with E-state index >= 15 is 0 Å². The molecular formula is C22H24ClFN4O3S. The molecule has 0 N–H and O–H groups in total. The van der Waals surface area contributed by atoms with Crippen LogP contribution in [0.15, 0.2) is 24.4 Å². The highest BCUT2D eigenvalue weighted by molar-refractivity contribution is 7.85. The van der Waals surface area contributed by atoms with E-state index in [0.29, 0.717) is 46.5 Å². The van der Waals surface area contributed by atoms with Gasteiger partial charge in [0.15, 0.2) is 23.0 Å². The van der Waals surface area contributed by atoms with Crippen LogP contribution in [0.25, 0.3) is 5.65 Å². The Balaban J connectivity index is 1.43. The molecule has 170 valence electrons. The SMILES string of the molecule is Cc1c(Oc2ncc(Cl)cc2OCC2(F)CC2)ccc2nc(C3(C)CCS(=O)CC3)nn12. The van der Waals surface area contributed by atoms with Gasteiger partial charge < -0.3 is 9.47 Å². The molecule has 0 unspecified atom stereocenters. The quantitative estimate of drug-likeness (QED) is 0.516. The largest absolute Gasteiger partial charge is 0.485 e. The van der Waals surface area contributed by atoms with E-state index in [4.69, 9.17) is 31.2 Å². The van der Waals surface area contributed by atoms with Crippen LogP contribution in [-0.2, 0) is 16.2 Å². The molecule has 3 aromatic heterocycles. The van der Waals surface area contributed by atoms with Crippen molar-refractivity contribution < 1.29 is 18.1 Å². The highest BCUT2D eigenvalue weighted by Gasteiger charge is 2.44. The number of halogens is 2. The van der Waals surface area contributed by atoms with E-state index in [1.165, 1.54) is 6.20 Å². The van der Waals surface area contributed by atoms with Crippen LogP contribution < -0.4 is 9.47 Å². The molecular weight excluding hydrogens is 455 g/mol. The van der Waals surface area contributed by atoms with E-state index in [9.17, 15) is 8.60 Å². The third-order valence-electron chi connectivity index (χ3n) is 6.26. The topological polar surface area (TPSA) is 78.6 Å². The summed E-state index contributed by atoms with van der Waals surface area (Å²) in [6.07, 6.45) is 4.04. The summed E-state index contributed by atoms with van der Waals surface area (Å²) in [7, 11) is -0.751. The molecule has 0 bridgehead atoms. The van der Waals surface area contributed by atoms with Crippen molar-refractivity contribution in [2.75, 3.05) is 18.1 Å². The van der Waals surface area contributed by atoms with Gasteiger partial charge in [-0.3, -0.25) is 4.21 Å². The normalized spacial score (nSPS) is 24.4. The van der Waals surface area contributed by atoms with Crippen LogP contribution in [-0.4, -0.2) is 47.6 Å². The van der Waals surface area contributed by atoms with Gasteiger partial charge in [-0.05, 0) is 44.7 Å². The molecule has 5 rings (SSSR count). The van der Waals surface area contributed by atoms with E-state index in [1.54, 1.807) is 16.6 Å². The highest BCUT2D eigenvalue weighted by Crippen LogP contribution is 2.41. The summed E-state index contributed by atoms with van der Waals surface area (Å²) in [4.78, 5) is 8.97. The Bertz CT molecular complexity index is 1200. The predicted octanol–water partition coefficient (Wildman–Crippen LogP) is 4.56. The van der Waals surface area contributed by atoms with Gasteiger partial charge in [0.25, 0.3) is 5.88 Å². The first-order chi connectivity index (χ1) is 15.2. The first-order valence-corrected chi connectivity index (χ1v) is 12.5. The number of fused-ring (bicyclic) bond motifs is 1. The minimum absolute atomic E-state index is 0.0563. The van der Waals surface area contributed by atoms with Gasteiger partial charge in [0, 0.05) is 40.0 Å². The highest BCUT2D eigenvalue weighted by atomic mass is 35.5. The Hall–Kier alpha value is -2.26. The number of rotatable bonds is 6. The molecule has 0 amide bonds. The van der Waals surface area contributed by atoms with Crippen molar-refractivity contribution in [2.24, 2.45) is 0 Å². The molecule has 10 heteroatoms. The fourth-order valence-electron chi connectivity index (χ4n) is 3.73. The van der Waals surface area contributed by atoms with E-state index in [-0.39, 0.29) is 17.9 Å². The first-order valence-electron chi connectivity index (χ1n) is 10.6. The summed E-state index contributed by atoms with van der Waals surface area (Å²) < 4.78 is 39.2. The first kappa shape index (κ1) is 21.6. The molecule has 3 aromatic rings. The molecule has 0 aromatic carbocycles. The van der Waals surface area contributed by atoms with E-state index in [0.717, 1.165) is 24.4 Å². The average molecular weight is 479 g/mol. The summed E-state index contributed by atoms with van der Waals surface area (Å²) >= 11 is 6.06. The predicted molar refractivity (Wildman–Crippen MR) is 120 cm³/mol. The molecule has 1 saturated heterocycles. The van der Waals surface area contributed by atoms with E-state index in [2.05, 4.69) is 11.9 Å². The van der Waals surface area contributed by atoms with Crippen LogP contribution in [0.3, 0.4) is 0 Å². The molecule has 0 atom stereocenters. The van der Waals surface area contributed by atoms with E-state index in [1.807, 2.05) is 13.0 Å². The summed E-state index contributed by atoms with van der Waals surface area (Å²) in [6.45, 7) is 3.96. The Labute approximate surface area is 192 Å². The third kappa shape index (κ3) is 4.20. The van der Waals surface area contributed by atoms with Gasteiger partial charge in [-0.25, -0.2) is 18.9 Å². The van der Waals surface area contributed by atoms with Crippen molar-refractivity contribution in [3.63, 3.8) is 0 Å². The molecule has 2 fully saturated rings. The fraction of sp³-hybridized carbons (Fsp3) is 0.500. The van der Waals surface area contributed by atoms with Gasteiger partial charge in [-0.2, -0.15) is 5.10 Å². The van der Waals surface area contributed by atoms with Crippen LogP contribution in [0, 0.1) is 6.92 Å². The lowest BCUT2D eigenvalue weighted by molar-refractivity contribution is 0.173. The van der Waals surface area contributed by atoms with Crippen LogP contribution in [0.4, 0.5) is 4.39 Å². The fourth-order valence-corrected chi connectivity index (χ4v) is 5.43. The maximum absolute atomic E-state index is 14.0. The van der Waals surface area contributed by atoms with Crippen LogP contribution in [0.1, 0.15) is 44.1 Å². The summed E-state index contributed by atoms with van der Waals surface area (Å²) in [5, 5.41) is 5.13. The lowest BCUT2D eigenvalue weighted by Gasteiger charge is -2.30. The van der Waals surface area contributed by atoms with Gasteiger partial charge in [0.2, 0.25) is 0 Å². The minimum Gasteiger partial charge on any atom is -0.485 e. The number of hydrogen-bond acceptors (Lipinski definition) is 6. The summed E-state index contributed by atoms with van der Waals surface area (Å²) in [6, 6.07) is 5.21. The number of nitrogens with zero attached hydrogens (tertiary/aromatic N) is 4. The molecule has 32 heavy (non-hydrogen) atoms. The summed E-state index contributed by atoms with van der Waals surface area (Å²) in [5.41, 5.74) is -0.00696. The van der Waals surface area contributed by atoms with Crippen molar-refractivity contribution in [1.29, 1.82) is 0 Å². The molecule has 7 nitrogen and oxygen atoms in total. The van der Waals surface area contributed by atoms with Crippen LogP contribution >= 0.6 is 11.6 Å². The Morgan fingerprint density at radius 3 is 2.69 bits per heavy atom. The lowest BCUT2D eigenvalue weighted by Crippen LogP contribution is -2.33. The molecule has 1 saturated carbocycles. The van der Waals surface area contributed by atoms with E-state index < -0.39 is 16.5 Å². The number of ether oxygens (including phenoxy) is 2. The van der Waals surface area contributed by atoms with Crippen LogP contribution in [0.5, 0.6) is 17.4 Å². The molecule has 0 spiro atoms. The van der Waals surface area contributed by atoms with Crippen molar-refractivity contribution in [3.8, 4) is 17.4 Å². The second-order valence-corrected chi connectivity index (χ2v) is 11.0. The average Bonchev–Trinajstić information content (AvgIpc) is 3.33. The number of alkyl halides is 1. The molecule has 2 aliphatic rings. The zero-order chi connectivity index (χ0) is 22.5. The lowest BCUT2D eigenvalue weighted by atomic mass is 9.83. The standard InChI is InChI=1S/C22H24ClFN4O3S/c1-14-16(31-19-17(11-15(23)12-25-19)30-13-22(24)5-6-22)3-4-18-26-20(27-28(14)18)21(2)7-9-32(29)10-8-21/h3-4,11-12H,5-10,13H2,1-2H3. The maximum Gasteiger partial charge on any atom is 0.262 e. The van der Waals surface area contributed by atoms with Gasteiger partial charge >= 0.3 is 0 Å². The smallest absolute Gasteiger partial charge is 0.262 e. The van der Waals surface area contributed by atoms with Crippen molar-refractivity contribution >= 4 is 28.0 Å². The maximum atomic E-state index is 14.0. The third-order valence-corrected chi connectivity index (χ3v) is 7.79. The zero-order valence-corrected chi connectivity index (χ0v) is 19.5. The molecule has 1 aliphatic carbocycles. The second kappa shape index (κ2) is 7.95. The van der Waals surface area contributed by atoms with Crippen molar-refractivity contribution in [3.05, 3.63) is 40.9 Å². The molecule has 4 heterocycles.